The van der Waals surface area contributed by atoms with Gasteiger partial charge < -0.3 is 5.11 Å². The molecule has 0 aliphatic carbocycles. The Balaban J connectivity index is 2.25. The lowest BCUT2D eigenvalue weighted by Crippen LogP contribution is -2.01. The van der Waals surface area contributed by atoms with Crippen LogP contribution in [-0.4, -0.2) is 11.1 Å². The van der Waals surface area contributed by atoms with Crippen LogP contribution in [0.3, 0.4) is 0 Å². The zero-order chi connectivity index (χ0) is 14.5. The van der Waals surface area contributed by atoms with Gasteiger partial charge in [-0.2, -0.15) is 0 Å². The van der Waals surface area contributed by atoms with E-state index in [1.807, 2.05) is 18.2 Å². The molecule has 0 fully saturated rings. The minimum Gasteiger partial charge on any atom is -0.481 e. The van der Waals surface area contributed by atoms with E-state index in [1.54, 1.807) is 11.8 Å². The molecule has 4 heteroatoms. The second kappa shape index (κ2) is 7.13. The van der Waals surface area contributed by atoms with Crippen LogP contribution in [0, 0.1) is 3.57 Å². The van der Waals surface area contributed by atoms with Crippen molar-refractivity contribution in [2.24, 2.45) is 0 Å². The summed E-state index contributed by atoms with van der Waals surface area (Å²) in [4.78, 5) is 13.1. The van der Waals surface area contributed by atoms with Gasteiger partial charge in [0.15, 0.2) is 0 Å². The Bertz CT molecular complexity index is 608. The summed E-state index contributed by atoms with van der Waals surface area (Å²) in [5, 5.41) is 9.00. The lowest BCUT2D eigenvalue weighted by molar-refractivity contribution is -0.136. The number of carbonyl (C=O) groups is 1. The average Bonchev–Trinajstić information content (AvgIpc) is 2.42. The Morgan fingerprint density at radius 2 is 1.90 bits per heavy atom. The van der Waals surface area contributed by atoms with Gasteiger partial charge in [0.1, 0.15) is 0 Å². The number of hydrogen-bond acceptors (Lipinski definition) is 2. The van der Waals surface area contributed by atoms with E-state index in [4.69, 9.17) is 5.11 Å². The van der Waals surface area contributed by atoms with Crippen molar-refractivity contribution in [2.45, 2.75) is 29.6 Å². The summed E-state index contributed by atoms with van der Waals surface area (Å²) >= 11 is 3.82. The van der Waals surface area contributed by atoms with Crippen LogP contribution < -0.4 is 0 Å². The van der Waals surface area contributed by atoms with Gasteiger partial charge in [0, 0.05) is 13.4 Å². The third kappa shape index (κ3) is 4.24. The molecule has 0 heterocycles. The van der Waals surface area contributed by atoms with E-state index in [0.717, 1.165) is 25.3 Å². The summed E-state index contributed by atoms with van der Waals surface area (Å²) in [7, 11) is 0. The molecule has 0 atom stereocenters. The molecule has 0 saturated carbocycles. The number of hydrogen-bond donors (Lipinski definition) is 1. The van der Waals surface area contributed by atoms with Gasteiger partial charge in [-0.25, -0.2) is 0 Å². The highest BCUT2D eigenvalue weighted by molar-refractivity contribution is 14.1. The summed E-state index contributed by atoms with van der Waals surface area (Å²) in [6.07, 6.45) is 1.09. The van der Waals surface area contributed by atoms with E-state index in [-0.39, 0.29) is 6.42 Å². The fourth-order valence-corrected chi connectivity index (χ4v) is 3.35. The monoisotopic (exact) mass is 398 g/mol. The Hall–Kier alpha value is -1.01. The van der Waals surface area contributed by atoms with Gasteiger partial charge in [0.05, 0.1) is 6.42 Å². The smallest absolute Gasteiger partial charge is 0.307 e. The maximum atomic E-state index is 11.0. The number of carboxylic acids is 1. The Labute approximate surface area is 136 Å². The van der Waals surface area contributed by atoms with Crippen LogP contribution in [0.15, 0.2) is 52.3 Å². The molecule has 0 aromatic heterocycles. The molecule has 0 spiro atoms. The molecule has 0 unspecified atom stereocenters. The maximum Gasteiger partial charge on any atom is 0.307 e. The molecular weight excluding hydrogens is 383 g/mol. The molecular formula is C16H15IO2S. The van der Waals surface area contributed by atoms with Crippen molar-refractivity contribution >= 4 is 40.3 Å². The topological polar surface area (TPSA) is 37.3 Å². The molecule has 2 nitrogen and oxygen atoms in total. The maximum absolute atomic E-state index is 11.0. The van der Waals surface area contributed by atoms with Crippen LogP contribution >= 0.6 is 34.4 Å². The van der Waals surface area contributed by atoms with Crippen molar-refractivity contribution in [2.75, 3.05) is 0 Å². The fourth-order valence-electron chi connectivity index (χ4n) is 1.87. The summed E-state index contributed by atoms with van der Waals surface area (Å²) in [6, 6.07) is 14.4. The van der Waals surface area contributed by atoms with Crippen molar-refractivity contribution < 1.29 is 9.90 Å². The number of aryl methyl sites for hydroxylation is 1. The number of benzene rings is 2. The zero-order valence-corrected chi connectivity index (χ0v) is 14.1. The van der Waals surface area contributed by atoms with Gasteiger partial charge in [0.2, 0.25) is 0 Å². The highest BCUT2D eigenvalue weighted by Crippen LogP contribution is 2.32. The third-order valence-electron chi connectivity index (χ3n) is 2.92. The highest BCUT2D eigenvalue weighted by Gasteiger charge is 2.09. The molecule has 0 aliphatic heterocycles. The average molecular weight is 398 g/mol. The van der Waals surface area contributed by atoms with Crippen LogP contribution in [0.25, 0.3) is 0 Å². The molecule has 104 valence electrons. The first-order chi connectivity index (χ1) is 9.58. The number of rotatable bonds is 5. The molecule has 0 bridgehead atoms. The normalized spacial score (nSPS) is 10.5. The van der Waals surface area contributed by atoms with E-state index < -0.39 is 5.97 Å². The van der Waals surface area contributed by atoms with Crippen LogP contribution in [0.5, 0.6) is 0 Å². The zero-order valence-electron chi connectivity index (χ0n) is 11.1. The first-order valence-corrected chi connectivity index (χ1v) is 8.25. The second-order valence-electron chi connectivity index (χ2n) is 4.42. The van der Waals surface area contributed by atoms with Gasteiger partial charge in [0.25, 0.3) is 0 Å². The van der Waals surface area contributed by atoms with Crippen LogP contribution in [0.2, 0.25) is 0 Å². The molecule has 0 saturated heterocycles. The van der Waals surface area contributed by atoms with Gasteiger partial charge in [-0.1, -0.05) is 30.8 Å². The van der Waals surface area contributed by atoms with E-state index >= 15 is 0 Å². The van der Waals surface area contributed by atoms with Crippen molar-refractivity contribution in [3.63, 3.8) is 0 Å². The molecule has 2 rings (SSSR count). The van der Waals surface area contributed by atoms with Gasteiger partial charge in [-0.05, 0) is 70.5 Å². The van der Waals surface area contributed by atoms with E-state index in [0.29, 0.717) is 0 Å². The second-order valence-corrected chi connectivity index (χ2v) is 6.78. The van der Waals surface area contributed by atoms with E-state index in [9.17, 15) is 4.79 Å². The van der Waals surface area contributed by atoms with Gasteiger partial charge in [-0.15, -0.1) is 0 Å². The van der Waals surface area contributed by atoms with E-state index in [1.165, 1.54) is 5.56 Å². The summed E-state index contributed by atoms with van der Waals surface area (Å²) < 4.78 is 1.06. The van der Waals surface area contributed by atoms with Crippen LogP contribution in [-0.2, 0) is 17.6 Å². The highest BCUT2D eigenvalue weighted by atomic mass is 127. The molecule has 2 aromatic carbocycles. The third-order valence-corrected chi connectivity index (χ3v) is 4.72. The van der Waals surface area contributed by atoms with Crippen molar-refractivity contribution in [1.82, 2.24) is 0 Å². The van der Waals surface area contributed by atoms with Gasteiger partial charge >= 0.3 is 5.97 Å². The molecule has 1 N–H and O–H groups in total. The summed E-state index contributed by atoms with van der Waals surface area (Å²) in [6.45, 7) is 2.13. The molecule has 0 aliphatic rings. The Kier molecular flexibility index (Phi) is 5.48. The van der Waals surface area contributed by atoms with Crippen LogP contribution in [0.4, 0.5) is 0 Å². The lowest BCUT2D eigenvalue weighted by atomic mass is 10.1. The predicted octanol–water partition coefficient (Wildman–Crippen LogP) is 4.63. The SMILES string of the molecule is CCc1ccc(Sc2ccc(I)cc2CC(=O)O)cc1. The number of halogens is 1. The van der Waals surface area contributed by atoms with E-state index in [2.05, 4.69) is 53.8 Å². The van der Waals surface area contributed by atoms with Crippen molar-refractivity contribution in [1.29, 1.82) is 0 Å². The summed E-state index contributed by atoms with van der Waals surface area (Å²) in [5.41, 5.74) is 2.18. The quantitative estimate of drug-likeness (QED) is 0.747. The van der Waals surface area contributed by atoms with Crippen molar-refractivity contribution in [3.8, 4) is 0 Å². The largest absolute Gasteiger partial charge is 0.481 e. The number of aliphatic carboxylic acids is 1. The molecule has 0 radical (unpaired) electrons. The number of carboxylic acid groups (broad SMARTS) is 1. The van der Waals surface area contributed by atoms with Gasteiger partial charge in [-0.3, -0.25) is 4.79 Å². The Morgan fingerprint density at radius 3 is 2.50 bits per heavy atom. The predicted molar refractivity (Wildman–Crippen MR) is 90.4 cm³/mol. The first kappa shape index (κ1) is 15.4. The molecule has 2 aromatic rings. The fraction of sp³-hybridized carbons (Fsp3) is 0.188. The lowest BCUT2D eigenvalue weighted by Gasteiger charge is -2.09. The molecule has 0 amide bonds. The van der Waals surface area contributed by atoms with Crippen molar-refractivity contribution in [3.05, 3.63) is 57.2 Å². The minimum atomic E-state index is -0.796. The minimum absolute atomic E-state index is 0.0617. The Morgan fingerprint density at radius 1 is 1.20 bits per heavy atom. The van der Waals surface area contributed by atoms with Crippen LogP contribution in [0.1, 0.15) is 18.1 Å². The standard InChI is InChI=1S/C16H15IO2S/c1-2-11-3-6-14(7-4-11)20-15-8-5-13(17)9-12(15)10-16(18)19/h3-9H,2,10H2,1H3,(H,18,19). The molecule has 20 heavy (non-hydrogen) atoms. The first-order valence-electron chi connectivity index (χ1n) is 6.35. The summed E-state index contributed by atoms with van der Waals surface area (Å²) in [5.74, 6) is -0.796.